The predicted octanol–water partition coefficient (Wildman–Crippen LogP) is 3.92. The second-order valence-corrected chi connectivity index (χ2v) is 9.05. The SMILES string of the molecule is Cc1cc(=O)c(C(=O)NCC(C)O)c2n1-c1ccccc1SC(c1ccc(F)cc1F)C2. The second-order valence-electron chi connectivity index (χ2n) is 7.81. The Morgan fingerprint density at radius 2 is 2.00 bits per heavy atom. The lowest BCUT2D eigenvalue weighted by Gasteiger charge is -2.20. The number of carbonyl (C=O) groups excluding carboxylic acids is 1. The van der Waals surface area contributed by atoms with Gasteiger partial charge in [-0.3, -0.25) is 9.59 Å². The first kappa shape index (κ1) is 22.2. The highest BCUT2D eigenvalue weighted by atomic mass is 32.2. The van der Waals surface area contributed by atoms with Crippen LogP contribution in [0.2, 0.25) is 0 Å². The molecule has 3 aromatic rings. The molecule has 32 heavy (non-hydrogen) atoms. The van der Waals surface area contributed by atoms with Crippen molar-refractivity contribution in [3.05, 3.63) is 92.9 Å². The number of hydrogen-bond donors (Lipinski definition) is 2. The molecule has 0 spiro atoms. The summed E-state index contributed by atoms with van der Waals surface area (Å²) in [7, 11) is 0. The molecule has 1 aliphatic heterocycles. The van der Waals surface area contributed by atoms with Gasteiger partial charge in [0.25, 0.3) is 5.91 Å². The Labute approximate surface area is 188 Å². The van der Waals surface area contributed by atoms with Crippen molar-refractivity contribution in [2.45, 2.75) is 36.5 Å². The Morgan fingerprint density at radius 3 is 2.72 bits per heavy atom. The number of aromatic nitrogens is 1. The molecule has 2 atom stereocenters. The number of nitrogens with zero attached hydrogens (tertiary/aromatic N) is 1. The second kappa shape index (κ2) is 8.88. The summed E-state index contributed by atoms with van der Waals surface area (Å²) >= 11 is 1.40. The molecular formula is C24H22F2N2O3S. The summed E-state index contributed by atoms with van der Waals surface area (Å²) in [5, 5.41) is 11.6. The van der Waals surface area contributed by atoms with E-state index in [2.05, 4.69) is 5.32 Å². The number of carbonyl (C=O) groups is 1. The molecule has 1 amide bonds. The predicted molar refractivity (Wildman–Crippen MR) is 119 cm³/mol. The van der Waals surface area contributed by atoms with E-state index in [0.29, 0.717) is 17.0 Å². The molecule has 2 heterocycles. The van der Waals surface area contributed by atoms with Gasteiger partial charge in [0.1, 0.15) is 17.2 Å². The van der Waals surface area contributed by atoms with Crippen LogP contribution in [0, 0.1) is 18.6 Å². The van der Waals surface area contributed by atoms with E-state index in [-0.39, 0.29) is 18.5 Å². The highest BCUT2D eigenvalue weighted by molar-refractivity contribution is 7.99. The maximum Gasteiger partial charge on any atom is 0.257 e. The Hall–Kier alpha value is -2.97. The normalized spacial score (nSPS) is 16.0. The monoisotopic (exact) mass is 456 g/mol. The molecular weight excluding hydrogens is 434 g/mol. The van der Waals surface area contributed by atoms with Gasteiger partial charge >= 0.3 is 0 Å². The van der Waals surface area contributed by atoms with E-state index in [1.54, 1.807) is 6.92 Å². The van der Waals surface area contributed by atoms with Crippen LogP contribution in [0.3, 0.4) is 0 Å². The topological polar surface area (TPSA) is 71.3 Å². The quantitative estimate of drug-likeness (QED) is 0.624. The van der Waals surface area contributed by atoms with E-state index >= 15 is 0 Å². The highest BCUT2D eigenvalue weighted by Gasteiger charge is 2.30. The molecule has 5 nitrogen and oxygen atoms in total. The van der Waals surface area contributed by atoms with Crippen LogP contribution in [0.5, 0.6) is 0 Å². The zero-order valence-electron chi connectivity index (χ0n) is 17.6. The first-order valence-electron chi connectivity index (χ1n) is 10.2. The molecule has 1 aliphatic rings. The van der Waals surface area contributed by atoms with Crippen LogP contribution < -0.4 is 10.7 Å². The van der Waals surface area contributed by atoms with Crippen molar-refractivity contribution < 1.29 is 18.7 Å². The fourth-order valence-electron chi connectivity index (χ4n) is 3.94. The van der Waals surface area contributed by atoms with Crippen LogP contribution >= 0.6 is 11.8 Å². The molecule has 2 unspecified atom stereocenters. The Kier molecular flexibility index (Phi) is 6.17. The summed E-state index contributed by atoms with van der Waals surface area (Å²) in [5.74, 6) is -1.94. The molecule has 0 radical (unpaired) electrons. The van der Waals surface area contributed by atoms with E-state index < -0.39 is 34.3 Å². The van der Waals surface area contributed by atoms with E-state index in [0.717, 1.165) is 16.6 Å². The van der Waals surface area contributed by atoms with Crippen LogP contribution in [0.25, 0.3) is 5.69 Å². The van der Waals surface area contributed by atoms with Gasteiger partial charge < -0.3 is 15.0 Å². The van der Waals surface area contributed by atoms with Crippen molar-refractivity contribution >= 4 is 17.7 Å². The standard InChI is InChI=1S/C24H22F2N2O3S/c1-13-9-20(30)23(24(31)27-12-14(2)29)19-11-22(16-8-7-15(25)10-17(16)26)32-21-6-4-3-5-18(21)28(13)19/h3-10,14,22,29H,11-12H2,1-2H3,(H,27,31). The number of aliphatic hydroxyl groups excluding tert-OH is 1. The summed E-state index contributed by atoms with van der Waals surface area (Å²) in [6.07, 6.45) is -0.598. The molecule has 8 heteroatoms. The van der Waals surface area contributed by atoms with Crippen LogP contribution in [-0.4, -0.2) is 28.2 Å². The molecule has 0 saturated carbocycles. The summed E-state index contributed by atoms with van der Waals surface area (Å²) in [5.41, 5.74) is 1.68. The van der Waals surface area contributed by atoms with Crippen LogP contribution in [0.4, 0.5) is 8.78 Å². The van der Waals surface area contributed by atoms with Crippen molar-refractivity contribution in [1.29, 1.82) is 0 Å². The van der Waals surface area contributed by atoms with Gasteiger partial charge in [0.2, 0.25) is 0 Å². The summed E-state index contributed by atoms with van der Waals surface area (Å²) in [6.45, 7) is 3.30. The Bertz CT molecular complexity index is 1260. The minimum absolute atomic E-state index is 0.00700. The molecule has 1 aromatic heterocycles. The average molecular weight is 457 g/mol. The number of aliphatic hydroxyl groups is 1. The number of para-hydroxylation sites is 1. The number of amides is 1. The number of hydrogen-bond acceptors (Lipinski definition) is 4. The molecule has 2 N–H and O–H groups in total. The number of pyridine rings is 1. The number of aryl methyl sites for hydroxylation is 1. The summed E-state index contributed by atoms with van der Waals surface area (Å²) in [6, 6.07) is 12.3. The maximum atomic E-state index is 14.7. The fourth-order valence-corrected chi connectivity index (χ4v) is 5.25. The number of thioether (sulfide) groups is 1. The largest absolute Gasteiger partial charge is 0.392 e. The van der Waals surface area contributed by atoms with E-state index in [4.69, 9.17) is 0 Å². The van der Waals surface area contributed by atoms with Crippen molar-refractivity contribution in [3.63, 3.8) is 0 Å². The Balaban J connectivity index is 1.94. The van der Waals surface area contributed by atoms with Crippen molar-refractivity contribution in [2.24, 2.45) is 0 Å². The lowest BCUT2D eigenvalue weighted by atomic mass is 10.0. The zero-order chi connectivity index (χ0) is 23.0. The van der Waals surface area contributed by atoms with Crippen LogP contribution in [0.15, 0.2) is 58.2 Å². The van der Waals surface area contributed by atoms with Crippen molar-refractivity contribution in [2.75, 3.05) is 6.54 Å². The summed E-state index contributed by atoms with van der Waals surface area (Å²) < 4.78 is 30.1. The highest BCUT2D eigenvalue weighted by Crippen LogP contribution is 2.45. The molecule has 0 aliphatic carbocycles. The molecule has 2 aromatic carbocycles. The van der Waals surface area contributed by atoms with Gasteiger partial charge in [-0.05, 0) is 32.0 Å². The molecule has 0 saturated heterocycles. The van der Waals surface area contributed by atoms with Gasteiger partial charge in [0, 0.05) is 52.2 Å². The molecule has 166 valence electrons. The first-order chi connectivity index (χ1) is 15.3. The number of nitrogens with one attached hydrogen (secondary N) is 1. The smallest absolute Gasteiger partial charge is 0.257 e. The van der Waals surface area contributed by atoms with Gasteiger partial charge in [-0.25, -0.2) is 8.78 Å². The van der Waals surface area contributed by atoms with Crippen LogP contribution in [-0.2, 0) is 6.42 Å². The minimum Gasteiger partial charge on any atom is -0.392 e. The van der Waals surface area contributed by atoms with E-state index in [1.807, 2.05) is 28.8 Å². The van der Waals surface area contributed by atoms with Gasteiger partial charge in [0.15, 0.2) is 5.43 Å². The van der Waals surface area contributed by atoms with E-state index in [9.17, 15) is 23.5 Å². The van der Waals surface area contributed by atoms with Crippen LogP contribution in [0.1, 0.15) is 39.5 Å². The summed E-state index contributed by atoms with van der Waals surface area (Å²) in [4.78, 5) is 26.7. The first-order valence-corrected chi connectivity index (χ1v) is 11.1. The third kappa shape index (κ3) is 4.20. The third-order valence-corrected chi connectivity index (χ3v) is 6.65. The van der Waals surface area contributed by atoms with Gasteiger partial charge in [-0.2, -0.15) is 0 Å². The zero-order valence-corrected chi connectivity index (χ0v) is 18.4. The fraction of sp³-hybridized carbons (Fsp3) is 0.250. The molecule has 0 bridgehead atoms. The number of halogens is 2. The Morgan fingerprint density at radius 1 is 1.25 bits per heavy atom. The third-order valence-electron chi connectivity index (χ3n) is 5.35. The lowest BCUT2D eigenvalue weighted by Crippen LogP contribution is -2.36. The molecule has 0 fully saturated rings. The number of rotatable bonds is 4. The van der Waals surface area contributed by atoms with Gasteiger partial charge in [-0.15, -0.1) is 11.8 Å². The lowest BCUT2D eigenvalue weighted by molar-refractivity contribution is 0.0921. The van der Waals surface area contributed by atoms with Gasteiger partial charge in [-0.1, -0.05) is 18.2 Å². The van der Waals surface area contributed by atoms with E-state index in [1.165, 1.54) is 36.9 Å². The van der Waals surface area contributed by atoms with Crippen molar-refractivity contribution in [1.82, 2.24) is 9.88 Å². The van der Waals surface area contributed by atoms with Crippen molar-refractivity contribution in [3.8, 4) is 5.69 Å². The number of benzene rings is 2. The molecule has 4 rings (SSSR count). The minimum atomic E-state index is -0.775. The van der Waals surface area contributed by atoms with Gasteiger partial charge in [0.05, 0.1) is 11.8 Å². The maximum absolute atomic E-state index is 14.7. The number of fused-ring (bicyclic) bond motifs is 3. The average Bonchev–Trinajstić information content (AvgIpc) is 2.89.